The van der Waals surface area contributed by atoms with E-state index in [4.69, 9.17) is 25.8 Å². The number of nitrogens with zero attached hydrogens (tertiary/aromatic N) is 3. The zero-order chi connectivity index (χ0) is 21.1. The maximum Gasteiger partial charge on any atom is 0.411 e. The molecule has 4 heterocycles. The molecule has 4 unspecified atom stereocenters. The molecule has 158 valence electrons. The van der Waals surface area contributed by atoms with E-state index in [2.05, 4.69) is 15.0 Å². The quantitative estimate of drug-likeness (QED) is 0.713. The van der Waals surface area contributed by atoms with Crippen molar-refractivity contribution in [3.8, 4) is 0 Å². The number of ether oxygens (including phenoxy) is 3. The Morgan fingerprint density at radius 2 is 2.03 bits per heavy atom. The number of hydrogen-bond acceptors (Lipinski definition) is 7. The van der Waals surface area contributed by atoms with Crippen molar-refractivity contribution < 1.29 is 24.1 Å². The van der Waals surface area contributed by atoms with Crippen molar-refractivity contribution in [3.05, 3.63) is 23.2 Å². The van der Waals surface area contributed by atoms with E-state index in [9.17, 15) is 9.90 Å². The standard InChI is InChI=1S/C19H25ClN4O5/c1-18(2,3)29-17(26)24-10(7-25)14-15(28-19(4,5)27-14)13(24)9-6-21-12-11(9)22-8-23-16(12)20/h6,8,10,13-15,21,25H,7H2,1-5H3. The summed E-state index contributed by atoms with van der Waals surface area (Å²) in [6.45, 7) is 8.69. The molecule has 10 heteroatoms. The minimum atomic E-state index is -0.847. The molecule has 0 aliphatic carbocycles. The van der Waals surface area contributed by atoms with Crippen molar-refractivity contribution in [1.82, 2.24) is 19.9 Å². The molecule has 2 saturated heterocycles. The average Bonchev–Trinajstić information content (AvgIpc) is 3.22. The summed E-state index contributed by atoms with van der Waals surface area (Å²) in [6.07, 6.45) is 1.51. The number of aromatic nitrogens is 3. The smallest absolute Gasteiger partial charge is 0.411 e. The van der Waals surface area contributed by atoms with Gasteiger partial charge in [-0.05, 0) is 34.6 Å². The van der Waals surface area contributed by atoms with Crippen molar-refractivity contribution in [2.45, 2.75) is 70.3 Å². The van der Waals surface area contributed by atoms with Gasteiger partial charge < -0.3 is 24.3 Å². The van der Waals surface area contributed by atoms with E-state index in [1.165, 1.54) is 11.2 Å². The lowest BCUT2D eigenvalue weighted by molar-refractivity contribution is -0.168. The largest absolute Gasteiger partial charge is 0.444 e. The van der Waals surface area contributed by atoms with Crippen molar-refractivity contribution in [3.63, 3.8) is 0 Å². The fraction of sp³-hybridized carbons (Fsp3) is 0.632. The molecule has 4 rings (SSSR count). The lowest BCUT2D eigenvalue weighted by atomic mass is 10.0. The monoisotopic (exact) mass is 424 g/mol. The van der Waals surface area contributed by atoms with Crippen molar-refractivity contribution in [1.29, 1.82) is 0 Å². The number of carbonyl (C=O) groups is 1. The van der Waals surface area contributed by atoms with E-state index < -0.39 is 41.8 Å². The van der Waals surface area contributed by atoms with Crippen LogP contribution in [0.25, 0.3) is 11.0 Å². The molecule has 2 fully saturated rings. The molecule has 0 bridgehead atoms. The summed E-state index contributed by atoms with van der Waals surface area (Å²) in [6, 6.07) is -1.22. The highest BCUT2D eigenvalue weighted by atomic mass is 35.5. The molecule has 9 nitrogen and oxygen atoms in total. The van der Waals surface area contributed by atoms with E-state index >= 15 is 0 Å². The highest BCUT2D eigenvalue weighted by Crippen LogP contribution is 2.48. The summed E-state index contributed by atoms with van der Waals surface area (Å²) in [4.78, 5) is 26.1. The van der Waals surface area contributed by atoms with Gasteiger partial charge in [-0.1, -0.05) is 11.6 Å². The Morgan fingerprint density at radius 3 is 2.69 bits per heavy atom. The van der Waals surface area contributed by atoms with E-state index in [1.807, 2.05) is 13.8 Å². The van der Waals surface area contributed by atoms with Crippen LogP contribution in [-0.2, 0) is 14.2 Å². The topological polar surface area (TPSA) is 110 Å². The molecular weight excluding hydrogens is 400 g/mol. The second-order valence-electron chi connectivity index (χ2n) is 8.78. The number of aliphatic hydroxyl groups is 1. The normalized spacial score (nSPS) is 28.7. The Hall–Kier alpha value is -1.94. The first-order valence-electron chi connectivity index (χ1n) is 9.48. The molecule has 2 N–H and O–H groups in total. The zero-order valence-electron chi connectivity index (χ0n) is 17.0. The Kier molecular flexibility index (Phi) is 4.77. The van der Waals surface area contributed by atoms with Gasteiger partial charge in [-0.25, -0.2) is 14.8 Å². The van der Waals surface area contributed by atoms with Gasteiger partial charge in [-0.15, -0.1) is 0 Å². The first-order valence-corrected chi connectivity index (χ1v) is 9.85. The first-order chi connectivity index (χ1) is 13.5. The first kappa shape index (κ1) is 20.3. The lowest BCUT2D eigenvalue weighted by Gasteiger charge is -2.34. The molecule has 0 saturated carbocycles. The van der Waals surface area contributed by atoms with Crippen LogP contribution in [0.5, 0.6) is 0 Å². The van der Waals surface area contributed by atoms with Gasteiger partial charge in [0, 0.05) is 11.8 Å². The molecule has 4 atom stereocenters. The number of aliphatic hydroxyl groups excluding tert-OH is 1. The summed E-state index contributed by atoms with van der Waals surface area (Å²) in [5.41, 5.74) is 1.14. The molecule has 1 amide bonds. The molecule has 2 aromatic rings. The van der Waals surface area contributed by atoms with Crippen molar-refractivity contribution in [2.75, 3.05) is 6.61 Å². The van der Waals surface area contributed by atoms with Crippen LogP contribution in [0.3, 0.4) is 0 Å². The second-order valence-corrected chi connectivity index (χ2v) is 9.14. The van der Waals surface area contributed by atoms with Gasteiger partial charge >= 0.3 is 6.09 Å². The number of fused-ring (bicyclic) bond motifs is 2. The van der Waals surface area contributed by atoms with Gasteiger partial charge in [0.1, 0.15) is 29.7 Å². The molecule has 0 spiro atoms. The number of halogens is 1. The Labute approximate surface area is 173 Å². The Morgan fingerprint density at radius 1 is 1.34 bits per heavy atom. The predicted molar refractivity (Wildman–Crippen MR) is 104 cm³/mol. The highest BCUT2D eigenvalue weighted by Gasteiger charge is 2.60. The van der Waals surface area contributed by atoms with Crippen LogP contribution in [-0.4, -0.2) is 67.3 Å². The van der Waals surface area contributed by atoms with Crippen LogP contribution in [0, 0.1) is 0 Å². The summed E-state index contributed by atoms with van der Waals surface area (Å²) < 4.78 is 17.8. The summed E-state index contributed by atoms with van der Waals surface area (Å²) in [5, 5.41) is 10.4. The molecule has 0 radical (unpaired) electrons. The lowest BCUT2D eigenvalue weighted by Crippen LogP contribution is -2.47. The highest BCUT2D eigenvalue weighted by molar-refractivity contribution is 6.33. The van der Waals surface area contributed by atoms with Crippen LogP contribution < -0.4 is 0 Å². The van der Waals surface area contributed by atoms with Gasteiger partial charge in [-0.2, -0.15) is 0 Å². The van der Waals surface area contributed by atoms with Crippen molar-refractivity contribution in [2.24, 2.45) is 0 Å². The SMILES string of the molecule is CC(C)(C)OC(=O)N1C(CO)C2OC(C)(C)OC2C1c1c[nH]c2c(Cl)ncnc12. The third-order valence-electron chi connectivity index (χ3n) is 5.07. The van der Waals surface area contributed by atoms with E-state index in [0.29, 0.717) is 16.6 Å². The van der Waals surface area contributed by atoms with Crippen LogP contribution in [0.1, 0.15) is 46.2 Å². The number of rotatable bonds is 2. The molecule has 0 aromatic carbocycles. The van der Waals surface area contributed by atoms with Crippen LogP contribution in [0.2, 0.25) is 5.15 Å². The fourth-order valence-corrected chi connectivity index (χ4v) is 4.31. The van der Waals surface area contributed by atoms with Crippen LogP contribution in [0.15, 0.2) is 12.5 Å². The number of hydrogen-bond donors (Lipinski definition) is 2. The van der Waals surface area contributed by atoms with Gasteiger partial charge in [0.15, 0.2) is 10.9 Å². The molecule has 29 heavy (non-hydrogen) atoms. The third-order valence-corrected chi connectivity index (χ3v) is 5.35. The summed E-state index contributed by atoms with van der Waals surface area (Å²) in [7, 11) is 0. The fourth-order valence-electron chi connectivity index (χ4n) is 4.12. The predicted octanol–water partition coefficient (Wildman–Crippen LogP) is 2.78. The summed E-state index contributed by atoms with van der Waals surface area (Å²) >= 11 is 6.19. The number of aromatic amines is 1. The van der Waals surface area contributed by atoms with E-state index in [0.717, 1.165) is 0 Å². The van der Waals surface area contributed by atoms with Gasteiger partial charge in [0.05, 0.1) is 24.2 Å². The number of H-pyrrole nitrogens is 1. The number of nitrogens with one attached hydrogen (secondary N) is 1. The van der Waals surface area contributed by atoms with Gasteiger partial charge in [0.25, 0.3) is 0 Å². The Balaban J connectivity index is 1.83. The van der Waals surface area contributed by atoms with Gasteiger partial charge in [0.2, 0.25) is 0 Å². The van der Waals surface area contributed by atoms with Crippen molar-refractivity contribution >= 4 is 28.7 Å². The third kappa shape index (κ3) is 3.46. The van der Waals surface area contributed by atoms with Crippen LogP contribution in [0.4, 0.5) is 4.79 Å². The minimum Gasteiger partial charge on any atom is -0.444 e. The van der Waals surface area contributed by atoms with E-state index in [1.54, 1.807) is 27.0 Å². The molecule has 2 aromatic heterocycles. The number of amides is 1. The minimum absolute atomic E-state index is 0.280. The maximum absolute atomic E-state index is 13.1. The van der Waals surface area contributed by atoms with Crippen LogP contribution >= 0.6 is 11.6 Å². The number of carbonyl (C=O) groups excluding carboxylic acids is 1. The average molecular weight is 425 g/mol. The zero-order valence-corrected chi connectivity index (χ0v) is 17.7. The molecule has 2 aliphatic rings. The summed E-state index contributed by atoms with van der Waals surface area (Å²) in [5.74, 6) is -0.847. The second kappa shape index (κ2) is 6.80. The molecular formula is C19H25ClN4O5. The Bertz CT molecular complexity index is 940. The maximum atomic E-state index is 13.1. The molecule has 2 aliphatic heterocycles. The number of likely N-dealkylation sites (tertiary alicyclic amines) is 1. The van der Waals surface area contributed by atoms with E-state index in [-0.39, 0.29) is 11.8 Å². The van der Waals surface area contributed by atoms with Gasteiger partial charge in [-0.3, -0.25) is 4.90 Å².